The minimum atomic E-state index is -0.686. The van der Waals surface area contributed by atoms with Crippen LogP contribution in [0.15, 0.2) is 17.0 Å². The predicted octanol–water partition coefficient (Wildman–Crippen LogP) is 2.86. The quantitative estimate of drug-likeness (QED) is 0.853. The summed E-state index contributed by atoms with van der Waals surface area (Å²) in [6, 6.07) is 4.49. The smallest absolute Gasteiger partial charge is 0.307 e. The fourth-order valence-electron chi connectivity index (χ4n) is 3.25. The average Bonchev–Trinajstić information content (AvgIpc) is 2.56. The molecule has 5 nitrogen and oxygen atoms in total. The van der Waals surface area contributed by atoms with E-state index in [0.717, 1.165) is 30.9 Å². The van der Waals surface area contributed by atoms with E-state index in [-0.39, 0.29) is 5.92 Å². The van der Waals surface area contributed by atoms with Gasteiger partial charge in [0.1, 0.15) is 13.2 Å². The Hall–Kier alpha value is -1.40. The first-order chi connectivity index (χ1) is 11.1. The molecule has 0 aromatic heterocycles. The zero-order chi connectivity index (χ0) is 16.4. The molecule has 2 unspecified atom stereocenters. The van der Waals surface area contributed by atoms with Crippen LogP contribution < -0.4 is 9.47 Å². The third-order valence-electron chi connectivity index (χ3n) is 4.68. The van der Waals surface area contributed by atoms with Crippen LogP contribution in [0.3, 0.4) is 0 Å². The number of likely N-dealkylation sites (tertiary alicyclic amines) is 1. The Balaban J connectivity index is 1.82. The standard InChI is InChI=1S/C17H23NO4S/c1-11-3-4-12(17(19)20)9-18(11)10-13-7-14-15(8-16(13)23-2)22-6-5-21-14/h7-8,11-12H,3-6,9-10H2,1-2H3,(H,19,20). The number of nitrogens with zero attached hydrogens (tertiary/aromatic N) is 1. The molecule has 1 fully saturated rings. The van der Waals surface area contributed by atoms with Crippen molar-refractivity contribution in [2.45, 2.75) is 37.2 Å². The second-order valence-electron chi connectivity index (χ2n) is 6.20. The summed E-state index contributed by atoms with van der Waals surface area (Å²) in [5.74, 6) is 0.651. The highest BCUT2D eigenvalue weighted by Gasteiger charge is 2.30. The number of aliphatic carboxylic acids is 1. The zero-order valence-corrected chi connectivity index (χ0v) is 14.4. The number of benzene rings is 1. The molecule has 2 aliphatic heterocycles. The number of carbonyl (C=O) groups is 1. The van der Waals surface area contributed by atoms with Gasteiger partial charge in [-0.15, -0.1) is 11.8 Å². The number of piperidine rings is 1. The summed E-state index contributed by atoms with van der Waals surface area (Å²) < 4.78 is 11.3. The van der Waals surface area contributed by atoms with Gasteiger partial charge in [-0.3, -0.25) is 9.69 Å². The van der Waals surface area contributed by atoms with Crippen molar-refractivity contribution >= 4 is 17.7 Å². The first-order valence-electron chi connectivity index (χ1n) is 8.02. The maximum Gasteiger partial charge on any atom is 0.307 e. The normalized spacial score (nSPS) is 24.4. The number of hydrogen-bond donors (Lipinski definition) is 1. The molecule has 0 amide bonds. The first kappa shape index (κ1) is 16.5. The van der Waals surface area contributed by atoms with Crippen molar-refractivity contribution in [2.24, 2.45) is 5.92 Å². The van der Waals surface area contributed by atoms with E-state index in [9.17, 15) is 9.90 Å². The van der Waals surface area contributed by atoms with Crippen LogP contribution in [0.4, 0.5) is 0 Å². The van der Waals surface area contributed by atoms with Gasteiger partial charge in [0.25, 0.3) is 0 Å². The number of hydrogen-bond acceptors (Lipinski definition) is 5. The fourth-order valence-corrected chi connectivity index (χ4v) is 3.86. The van der Waals surface area contributed by atoms with Gasteiger partial charge in [-0.05, 0) is 43.7 Å². The predicted molar refractivity (Wildman–Crippen MR) is 89.4 cm³/mol. The topological polar surface area (TPSA) is 59.0 Å². The van der Waals surface area contributed by atoms with Gasteiger partial charge in [-0.2, -0.15) is 0 Å². The van der Waals surface area contributed by atoms with E-state index >= 15 is 0 Å². The Labute approximate surface area is 140 Å². The summed E-state index contributed by atoms with van der Waals surface area (Å²) in [4.78, 5) is 14.7. The van der Waals surface area contributed by atoms with Crippen molar-refractivity contribution in [3.63, 3.8) is 0 Å². The number of ether oxygens (including phenoxy) is 2. The maximum absolute atomic E-state index is 11.3. The minimum Gasteiger partial charge on any atom is -0.486 e. The van der Waals surface area contributed by atoms with Crippen molar-refractivity contribution < 1.29 is 19.4 Å². The zero-order valence-electron chi connectivity index (χ0n) is 13.6. The van der Waals surface area contributed by atoms with Crippen molar-refractivity contribution in [3.8, 4) is 11.5 Å². The summed E-state index contributed by atoms with van der Waals surface area (Å²) in [6.45, 7) is 4.70. The van der Waals surface area contributed by atoms with E-state index in [0.29, 0.717) is 25.8 Å². The van der Waals surface area contributed by atoms with Gasteiger partial charge < -0.3 is 14.6 Å². The second-order valence-corrected chi connectivity index (χ2v) is 7.05. The molecule has 1 N–H and O–H groups in total. The molecule has 23 heavy (non-hydrogen) atoms. The van der Waals surface area contributed by atoms with Crippen LogP contribution in [0.5, 0.6) is 11.5 Å². The third kappa shape index (κ3) is 3.58. The summed E-state index contributed by atoms with van der Waals surface area (Å²) in [5, 5.41) is 9.30. The Kier molecular flexibility index (Phi) is 5.02. The van der Waals surface area contributed by atoms with Crippen molar-refractivity contribution in [1.82, 2.24) is 4.90 Å². The van der Waals surface area contributed by atoms with Crippen molar-refractivity contribution in [3.05, 3.63) is 17.7 Å². The van der Waals surface area contributed by atoms with Crippen LogP contribution in [0.2, 0.25) is 0 Å². The number of carboxylic acids is 1. The molecular weight excluding hydrogens is 314 g/mol. The van der Waals surface area contributed by atoms with E-state index in [1.165, 1.54) is 10.5 Å². The van der Waals surface area contributed by atoms with Crippen LogP contribution in [0.1, 0.15) is 25.3 Å². The lowest BCUT2D eigenvalue weighted by Gasteiger charge is -2.37. The van der Waals surface area contributed by atoms with E-state index < -0.39 is 5.97 Å². The Morgan fingerprint density at radius 1 is 1.30 bits per heavy atom. The Morgan fingerprint density at radius 2 is 2.00 bits per heavy atom. The molecule has 2 aliphatic rings. The van der Waals surface area contributed by atoms with Crippen LogP contribution in [0.25, 0.3) is 0 Å². The maximum atomic E-state index is 11.3. The fraction of sp³-hybridized carbons (Fsp3) is 0.588. The largest absolute Gasteiger partial charge is 0.486 e. The molecule has 2 heterocycles. The van der Waals surface area contributed by atoms with Gasteiger partial charge >= 0.3 is 5.97 Å². The number of thioether (sulfide) groups is 1. The second kappa shape index (κ2) is 7.01. The molecule has 6 heteroatoms. The highest BCUT2D eigenvalue weighted by atomic mass is 32.2. The van der Waals surface area contributed by atoms with E-state index in [1.54, 1.807) is 11.8 Å². The van der Waals surface area contributed by atoms with Gasteiger partial charge in [-0.1, -0.05) is 0 Å². The molecule has 1 saturated heterocycles. The Bertz CT molecular complexity index is 592. The average molecular weight is 337 g/mol. The molecule has 3 rings (SSSR count). The molecule has 1 aromatic carbocycles. The van der Waals surface area contributed by atoms with Crippen LogP contribution >= 0.6 is 11.8 Å². The van der Waals surface area contributed by atoms with Crippen LogP contribution in [-0.4, -0.2) is 48.0 Å². The summed E-state index contributed by atoms with van der Waals surface area (Å²) >= 11 is 1.69. The van der Waals surface area contributed by atoms with Gasteiger partial charge in [-0.25, -0.2) is 0 Å². The number of fused-ring (bicyclic) bond motifs is 1. The molecule has 0 saturated carbocycles. The summed E-state index contributed by atoms with van der Waals surface area (Å²) in [6.07, 6.45) is 3.74. The lowest BCUT2D eigenvalue weighted by Crippen LogP contribution is -2.43. The van der Waals surface area contributed by atoms with Gasteiger partial charge in [0, 0.05) is 24.0 Å². The monoisotopic (exact) mass is 337 g/mol. The lowest BCUT2D eigenvalue weighted by molar-refractivity contribution is -0.144. The van der Waals surface area contributed by atoms with Gasteiger partial charge in [0.05, 0.1) is 5.92 Å². The number of rotatable bonds is 4. The highest BCUT2D eigenvalue weighted by Crippen LogP contribution is 2.37. The molecule has 2 atom stereocenters. The highest BCUT2D eigenvalue weighted by molar-refractivity contribution is 7.98. The Morgan fingerprint density at radius 3 is 2.65 bits per heavy atom. The molecule has 0 aliphatic carbocycles. The van der Waals surface area contributed by atoms with Crippen LogP contribution in [0, 0.1) is 5.92 Å². The van der Waals surface area contributed by atoms with E-state index in [2.05, 4.69) is 24.1 Å². The van der Waals surface area contributed by atoms with Gasteiger partial charge in [0.15, 0.2) is 11.5 Å². The summed E-state index contributed by atoms with van der Waals surface area (Å²) in [7, 11) is 0. The molecule has 0 radical (unpaired) electrons. The molecule has 126 valence electrons. The van der Waals surface area contributed by atoms with Gasteiger partial charge in [0.2, 0.25) is 0 Å². The van der Waals surface area contributed by atoms with E-state index in [1.807, 2.05) is 6.07 Å². The number of carboxylic acid groups (broad SMARTS) is 1. The molecule has 1 aromatic rings. The minimum absolute atomic E-state index is 0.263. The SMILES string of the molecule is CSc1cc2c(cc1CN1CC(C(=O)O)CCC1C)OCCO2. The summed E-state index contributed by atoms with van der Waals surface area (Å²) in [5.41, 5.74) is 1.18. The van der Waals surface area contributed by atoms with Crippen molar-refractivity contribution in [2.75, 3.05) is 26.0 Å². The van der Waals surface area contributed by atoms with Crippen LogP contribution in [-0.2, 0) is 11.3 Å². The third-order valence-corrected chi connectivity index (χ3v) is 5.50. The molecule has 0 spiro atoms. The first-order valence-corrected chi connectivity index (χ1v) is 9.24. The lowest BCUT2D eigenvalue weighted by atomic mass is 9.93. The van der Waals surface area contributed by atoms with Crippen molar-refractivity contribution in [1.29, 1.82) is 0 Å². The van der Waals surface area contributed by atoms with E-state index in [4.69, 9.17) is 9.47 Å². The molecule has 0 bridgehead atoms. The molecular formula is C17H23NO4S.